The van der Waals surface area contributed by atoms with Crippen LogP contribution in [0.25, 0.3) is 0 Å². The van der Waals surface area contributed by atoms with Crippen LogP contribution in [0.2, 0.25) is 0 Å². The molecule has 0 saturated heterocycles. The summed E-state index contributed by atoms with van der Waals surface area (Å²) < 4.78 is 0. The largest absolute Gasteiger partial charge is 0.307 e. The fourth-order valence-electron chi connectivity index (χ4n) is 1.44. The van der Waals surface area contributed by atoms with Gasteiger partial charge in [0.25, 0.3) is 5.91 Å². The van der Waals surface area contributed by atoms with Crippen molar-refractivity contribution in [2.24, 2.45) is 0 Å². The van der Waals surface area contributed by atoms with E-state index in [9.17, 15) is 4.79 Å². The molecule has 1 N–H and O–H groups in total. The van der Waals surface area contributed by atoms with Crippen LogP contribution in [0.5, 0.6) is 0 Å². The van der Waals surface area contributed by atoms with Crippen LogP contribution in [0, 0.1) is 11.3 Å². The number of aromatic nitrogens is 3. The number of para-hydroxylation sites is 1. The molecule has 0 aliphatic carbocycles. The fourth-order valence-corrected chi connectivity index (χ4v) is 1.44. The maximum Gasteiger partial charge on any atom is 0.295 e. The van der Waals surface area contributed by atoms with Gasteiger partial charge >= 0.3 is 0 Å². The minimum atomic E-state index is -0.342. The summed E-state index contributed by atoms with van der Waals surface area (Å²) in [4.78, 5) is 17.1. The average molecular weight is 227 g/mol. The number of nitriles is 1. The lowest BCUT2D eigenvalue weighted by Gasteiger charge is -2.16. The molecule has 1 heterocycles. The number of rotatable bonds is 2. The molecule has 0 unspecified atom stereocenters. The second kappa shape index (κ2) is 4.45. The minimum Gasteiger partial charge on any atom is -0.307 e. The molecule has 17 heavy (non-hydrogen) atoms. The van der Waals surface area contributed by atoms with Crippen molar-refractivity contribution in [2.45, 2.75) is 0 Å². The van der Waals surface area contributed by atoms with E-state index in [4.69, 9.17) is 5.26 Å². The molecular weight excluding hydrogens is 218 g/mol. The summed E-state index contributed by atoms with van der Waals surface area (Å²) in [5.41, 5.74) is 0.972. The first-order valence-corrected chi connectivity index (χ1v) is 4.86. The smallest absolute Gasteiger partial charge is 0.295 e. The van der Waals surface area contributed by atoms with Gasteiger partial charge in [0.05, 0.1) is 11.3 Å². The Kier molecular flexibility index (Phi) is 2.83. The van der Waals surface area contributed by atoms with Gasteiger partial charge in [0.1, 0.15) is 12.4 Å². The zero-order valence-electron chi connectivity index (χ0n) is 9.08. The van der Waals surface area contributed by atoms with Crippen LogP contribution < -0.4 is 4.90 Å². The Morgan fingerprint density at radius 3 is 2.88 bits per heavy atom. The monoisotopic (exact) mass is 227 g/mol. The topological polar surface area (TPSA) is 85.7 Å². The molecule has 0 saturated carbocycles. The number of carbonyl (C=O) groups excluding carboxylic acids is 1. The van der Waals surface area contributed by atoms with Crippen LogP contribution in [0.1, 0.15) is 16.2 Å². The summed E-state index contributed by atoms with van der Waals surface area (Å²) in [7, 11) is 1.58. The van der Waals surface area contributed by atoms with E-state index in [1.807, 2.05) is 6.07 Å². The highest BCUT2D eigenvalue weighted by atomic mass is 16.2. The lowest BCUT2D eigenvalue weighted by Crippen LogP contribution is -2.28. The molecule has 0 atom stereocenters. The van der Waals surface area contributed by atoms with E-state index in [1.165, 1.54) is 11.2 Å². The van der Waals surface area contributed by atoms with Crippen molar-refractivity contribution in [3.05, 3.63) is 42.0 Å². The first-order chi connectivity index (χ1) is 8.24. The average Bonchev–Trinajstić information content (AvgIpc) is 2.90. The zero-order chi connectivity index (χ0) is 12.3. The number of benzene rings is 1. The molecule has 0 spiro atoms. The van der Waals surface area contributed by atoms with E-state index in [0.717, 1.165) is 0 Å². The molecule has 1 aromatic carbocycles. The Balaban J connectivity index is 2.35. The zero-order valence-corrected chi connectivity index (χ0v) is 9.08. The molecule has 2 rings (SSSR count). The maximum atomic E-state index is 12.0. The van der Waals surface area contributed by atoms with Crippen molar-refractivity contribution in [2.75, 3.05) is 11.9 Å². The normalized spacial score (nSPS) is 9.65. The van der Waals surface area contributed by atoms with Crippen molar-refractivity contribution in [3.8, 4) is 6.07 Å². The molecule has 1 aromatic heterocycles. The van der Waals surface area contributed by atoms with Gasteiger partial charge in [-0.15, -0.1) is 0 Å². The molecular formula is C11H9N5O. The first kappa shape index (κ1) is 10.8. The summed E-state index contributed by atoms with van der Waals surface area (Å²) in [6.45, 7) is 0. The van der Waals surface area contributed by atoms with Crippen molar-refractivity contribution >= 4 is 11.6 Å². The van der Waals surface area contributed by atoms with Gasteiger partial charge in [-0.05, 0) is 12.1 Å². The SMILES string of the molecule is CN(C(=O)c1ncn[nH]1)c1ccccc1C#N. The highest BCUT2D eigenvalue weighted by Crippen LogP contribution is 2.19. The standard InChI is InChI=1S/C11H9N5O/c1-16(11(17)10-13-7-14-15-10)9-5-3-2-4-8(9)6-12/h2-5,7H,1H3,(H,13,14,15). The molecule has 0 aliphatic rings. The predicted molar refractivity (Wildman–Crippen MR) is 60.3 cm³/mol. The van der Waals surface area contributed by atoms with Crippen LogP contribution in [0.3, 0.4) is 0 Å². The Bertz CT molecular complexity index is 570. The van der Waals surface area contributed by atoms with Gasteiger partial charge in [-0.25, -0.2) is 4.98 Å². The lowest BCUT2D eigenvalue weighted by atomic mass is 10.2. The first-order valence-electron chi connectivity index (χ1n) is 4.86. The quantitative estimate of drug-likeness (QED) is 0.827. The predicted octanol–water partition coefficient (Wildman–Crippen LogP) is 0.953. The van der Waals surface area contributed by atoms with Gasteiger partial charge in [-0.3, -0.25) is 9.89 Å². The van der Waals surface area contributed by atoms with Crippen molar-refractivity contribution in [1.82, 2.24) is 15.2 Å². The molecule has 0 bridgehead atoms. The summed E-state index contributed by atoms with van der Waals surface area (Å²) in [6.07, 6.45) is 1.26. The van der Waals surface area contributed by atoms with Crippen molar-refractivity contribution in [1.29, 1.82) is 5.26 Å². The Morgan fingerprint density at radius 1 is 1.47 bits per heavy atom. The minimum absolute atomic E-state index is 0.139. The molecule has 0 radical (unpaired) electrons. The second-order valence-corrected chi connectivity index (χ2v) is 3.33. The summed E-state index contributed by atoms with van der Waals surface area (Å²) in [6, 6.07) is 8.90. The number of H-pyrrole nitrogens is 1. The number of aromatic amines is 1. The van der Waals surface area contributed by atoms with Gasteiger partial charge in [-0.1, -0.05) is 12.1 Å². The highest BCUT2D eigenvalue weighted by molar-refractivity contribution is 6.03. The van der Waals surface area contributed by atoms with Gasteiger partial charge in [-0.2, -0.15) is 10.4 Å². The van der Waals surface area contributed by atoms with Crippen LogP contribution >= 0.6 is 0 Å². The van der Waals surface area contributed by atoms with E-state index in [-0.39, 0.29) is 11.7 Å². The third kappa shape index (κ3) is 1.99. The summed E-state index contributed by atoms with van der Waals surface area (Å²) in [5.74, 6) is -0.203. The molecule has 0 aliphatic heterocycles. The molecule has 84 valence electrons. The van der Waals surface area contributed by atoms with E-state index >= 15 is 0 Å². The number of anilines is 1. The van der Waals surface area contributed by atoms with E-state index in [0.29, 0.717) is 11.3 Å². The van der Waals surface area contributed by atoms with Crippen molar-refractivity contribution < 1.29 is 4.79 Å². The summed E-state index contributed by atoms with van der Waals surface area (Å²) in [5, 5.41) is 15.1. The Morgan fingerprint density at radius 2 is 2.24 bits per heavy atom. The molecule has 6 nitrogen and oxygen atoms in total. The fraction of sp³-hybridized carbons (Fsp3) is 0.0909. The van der Waals surface area contributed by atoms with Gasteiger partial charge in [0.2, 0.25) is 5.82 Å². The lowest BCUT2D eigenvalue weighted by molar-refractivity contribution is 0.0983. The highest BCUT2D eigenvalue weighted by Gasteiger charge is 2.18. The number of hydrogen-bond acceptors (Lipinski definition) is 4. The van der Waals surface area contributed by atoms with Gasteiger partial charge < -0.3 is 4.90 Å². The van der Waals surface area contributed by atoms with Crippen LogP contribution in [-0.4, -0.2) is 28.1 Å². The third-order valence-electron chi connectivity index (χ3n) is 2.31. The molecule has 6 heteroatoms. The van der Waals surface area contributed by atoms with E-state index in [2.05, 4.69) is 15.2 Å². The number of hydrogen-bond donors (Lipinski definition) is 1. The number of carbonyl (C=O) groups is 1. The van der Waals surface area contributed by atoms with Crippen LogP contribution in [-0.2, 0) is 0 Å². The maximum absolute atomic E-state index is 12.0. The summed E-state index contributed by atoms with van der Waals surface area (Å²) >= 11 is 0. The number of nitrogens with zero attached hydrogens (tertiary/aromatic N) is 4. The van der Waals surface area contributed by atoms with Crippen molar-refractivity contribution in [3.63, 3.8) is 0 Å². The van der Waals surface area contributed by atoms with E-state index < -0.39 is 0 Å². The van der Waals surface area contributed by atoms with Gasteiger partial charge in [0.15, 0.2) is 0 Å². The molecule has 1 amide bonds. The third-order valence-corrected chi connectivity index (χ3v) is 2.31. The van der Waals surface area contributed by atoms with Gasteiger partial charge in [0, 0.05) is 7.05 Å². The van der Waals surface area contributed by atoms with Crippen LogP contribution in [0.4, 0.5) is 5.69 Å². The number of nitrogens with one attached hydrogen (secondary N) is 1. The second-order valence-electron chi connectivity index (χ2n) is 3.33. The Labute approximate surface area is 97.5 Å². The molecule has 0 fully saturated rings. The van der Waals surface area contributed by atoms with Crippen LogP contribution in [0.15, 0.2) is 30.6 Å². The number of amides is 1. The Hall–Kier alpha value is -2.68. The van der Waals surface area contributed by atoms with E-state index in [1.54, 1.807) is 31.3 Å². The molecule has 2 aromatic rings.